The second kappa shape index (κ2) is 6.63. The van der Waals surface area contributed by atoms with Crippen molar-refractivity contribution in [2.24, 2.45) is 0 Å². The molecule has 2 aromatic heterocycles. The first-order valence-electron chi connectivity index (χ1n) is 8.80. The van der Waals surface area contributed by atoms with E-state index in [1.54, 1.807) is 10.7 Å². The fraction of sp³-hybridized carbons (Fsp3) is 0.500. The van der Waals surface area contributed by atoms with Gasteiger partial charge >= 0.3 is 0 Å². The average Bonchev–Trinajstić information content (AvgIpc) is 3.24. The molecule has 6 nitrogen and oxygen atoms in total. The highest BCUT2D eigenvalue weighted by atomic mass is 16.2. The minimum Gasteiger partial charge on any atom is -0.364 e. The third kappa shape index (κ3) is 3.27. The van der Waals surface area contributed by atoms with E-state index in [9.17, 15) is 4.79 Å². The fourth-order valence-electron chi connectivity index (χ4n) is 3.58. The largest absolute Gasteiger partial charge is 0.364 e. The van der Waals surface area contributed by atoms with E-state index in [4.69, 9.17) is 0 Å². The van der Waals surface area contributed by atoms with Gasteiger partial charge in [-0.25, -0.2) is 9.50 Å². The molecule has 6 heteroatoms. The quantitative estimate of drug-likeness (QED) is 0.878. The number of nitrogens with one attached hydrogen (secondary N) is 1. The van der Waals surface area contributed by atoms with Crippen LogP contribution in [0.4, 0.5) is 5.82 Å². The summed E-state index contributed by atoms with van der Waals surface area (Å²) in [4.78, 5) is 18.7. The molecular weight excluding hydrogens is 302 g/mol. The zero-order valence-electron chi connectivity index (χ0n) is 13.8. The summed E-state index contributed by atoms with van der Waals surface area (Å²) in [5.74, 6) is 1.10. The van der Waals surface area contributed by atoms with Crippen LogP contribution in [0.15, 0.2) is 36.2 Å². The zero-order valence-corrected chi connectivity index (χ0v) is 13.8. The van der Waals surface area contributed by atoms with Gasteiger partial charge in [-0.3, -0.25) is 4.79 Å². The van der Waals surface area contributed by atoms with Gasteiger partial charge in [0, 0.05) is 37.9 Å². The van der Waals surface area contributed by atoms with Crippen LogP contribution in [0.5, 0.6) is 0 Å². The number of amides is 1. The highest BCUT2D eigenvalue weighted by Gasteiger charge is 2.26. The lowest BCUT2D eigenvalue weighted by atomic mass is 9.97. The lowest BCUT2D eigenvalue weighted by molar-refractivity contribution is -0.129. The van der Waals surface area contributed by atoms with Crippen molar-refractivity contribution in [2.45, 2.75) is 44.6 Å². The Labute approximate surface area is 141 Å². The van der Waals surface area contributed by atoms with Crippen LogP contribution in [0.3, 0.4) is 0 Å². The van der Waals surface area contributed by atoms with Crippen molar-refractivity contribution < 1.29 is 4.79 Å². The predicted octanol–water partition coefficient (Wildman–Crippen LogP) is 2.63. The Balaban J connectivity index is 1.33. The predicted molar refractivity (Wildman–Crippen MR) is 92.8 cm³/mol. The summed E-state index contributed by atoms with van der Waals surface area (Å²) in [7, 11) is 0. The number of imidazole rings is 1. The molecule has 1 saturated heterocycles. The minimum atomic E-state index is 0.266. The molecule has 1 amide bonds. The molecule has 1 N–H and O–H groups in total. The number of nitrogens with zero attached hydrogens (tertiary/aromatic N) is 4. The number of fused-ring (bicyclic) bond motifs is 1. The number of aromatic nitrogens is 3. The number of carbonyl (C=O) groups excluding carboxylic acids is 1. The number of anilines is 1. The van der Waals surface area contributed by atoms with E-state index in [-0.39, 0.29) is 11.9 Å². The first-order chi connectivity index (χ1) is 11.8. The van der Waals surface area contributed by atoms with E-state index in [0.717, 1.165) is 43.8 Å². The highest BCUT2D eigenvalue weighted by Crippen LogP contribution is 2.22. The molecule has 1 fully saturated rings. The Hall–Kier alpha value is -2.37. The van der Waals surface area contributed by atoms with Crippen LogP contribution in [0, 0.1) is 0 Å². The monoisotopic (exact) mass is 325 g/mol. The molecule has 0 saturated carbocycles. The smallest absolute Gasteiger partial charge is 0.226 e. The summed E-state index contributed by atoms with van der Waals surface area (Å²) < 4.78 is 1.76. The molecule has 0 spiro atoms. The van der Waals surface area contributed by atoms with Gasteiger partial charge in [0.05, 0.1) is 0 Å². The van der Waals surface area contributed by atoms with Crippen molar-refractivity contribution in [3.05, 3.63) is 36.2 Å². The lowest BCUT2D eigenvalue weighted by Gasteiger charge is -2.19. The van der Waals surface area contributed by atoms with Crippen molar-refractivity contribution >= 4 is 17.4 Å². The molecule has 3 heterocycles. The summed E-state index contributed by atoms with van der Waals surface area (Å²) >= 11 is 0. The normalized spacial score (nSPS) is 21.1. The standard InChI is InChI=1S/C18H23N5O/c24-18(12-14-4-2-1-3-5-14)22-10-8-15(13-22)20-16-6-7-17-19-9-11-23(17)21-16/h4,6-7,9,11,15H,1-3,5,8,10,12-13H2,(H,20,21). The first kappa shape index (κ1) is 15.2. The highest BCUT2D eigenvalue weighted by molar-refractivity contribution is 5.79. The Morgan fingerprint density at radius 3 is 3.17 bits per heavy atom. The van der Waals surface area contributed by atoms with Gasteiger partial charge in [0.25, 0.3) is 0 Å². The number of rotatable bonds is 4. The number of carbonyl (C=O) groups is 1. The Kier molecular flexibility index (Phi) is 4.19. The van der Waals surface area contributed by atoms with Crippen LogP contribution in [0.1, 0.15) is 38.5 Å². The van der Waals surface area contributed by atoms with Crippen molar-refractivity contribution in [2.75, 3.05) is 18.4 Å². The van der Waals surface area contributed by atoms with Crippen LogP contribution < -0.4 is 5.32 Å². The topological polar surface area (TPSA) is 62.5 Å². The number of allylic oxidation sites excluding steroid dienone is 1. The SMILES string of the molecule is O=C(CC1=CCCCC1)N1CCC(Nc2ccc3nccn3n2)C1. The van der Waals surface area contributed by atoms with E-state index in [0.29, 0.717) is 6.42 Å². The number of likely N-dealkylation sites (tertiary alicyclic amines) is 1. The van der Waals surface area contributed by atoms with Crippen molar-refractivity contribution in [3.63, 3.8) is 0 Å². The second-order valence-electron chi connectivity index (χ2n) is 6.70. The molecule has 0 bridgehead atoms. The van der Waals surface area contributed by atoms with Gasteiger partial charge in [-0.05, 0) is 44.2 Å². The van der Waals surface area contributed by atoms with Gasteiger partial charge in [-0.15, -0.1) is 5.10 Å². The van der Waals surface area contributed by atoms with Crippen LogP contribution in [-0.4, -0.2) is 44.5 Å². The molecule has 24 heavy (non-hydrogen) atoms. The zero-order chi connectivity index (χ0) is 16.4. The average molecular weight is 325 g/mol. The molecule has 1 aliphatic carbocycles. The van der Waals surface area contributed by atoms with Crippen LogP contribution >= 0.6 is 0 Å². The Morgan fingerprint density at radius 2 is 2.29 bits per heavy atom. The van der Waals surface area contributed by atoms with Crippen LogP contribution in [0.2, 0.25) is 0 Å². The first-order valence-corrected chi connectivity index (χ1v) is 8.80. The van der Waals surface area contributed by atoms with Gasteiger partial charge in [-0.2, -0.15) is 0 Å². The van der Waals surface area contributed by atoms with Gasteiger partial charge < -0.3 is 10.2 Å². The minimum absolute atomic E-state index is 0.266. The Bertz CT molecular complexity index is 766. The third-order valence-electron chi connectivity index (χ3n) is 4.91. The van der Waals surface area contributed by atoms with Gasteiger partial charge in [0.1, 0.15) is 5.82 Å². The lowest BCUT2D eigenvalue weighted by Crippen LogP contribution is -2.32. The van der Waals surface area contributed by atoms with E-state index in [2.05, 4.69) is 21.5 Å². The molecule has 0 radical (unpaired) electrons. The van der Waals surface area contributed by atoms with E-state index in [1.165, 1.54) is 18.4 Å². The van der Waals surface area contributed by atoms with Crippen LogP contribution in [0.25, 0.3) is 5.65 Å². The number of hydrogen-bond donors (Lipinski definition) is 1. The van der Waals surface area contributed by atoms with E-state index >= 15 is 0 Å². The van der Waals surface area contributed by atoms with E-state index in [1.807, 2.05) is 23.2 Å². The maximum atomic E-state index is 12.5. The molecule has 1 unspecified atom stereocenters. The molecule has 2 aromatic rings. The second-order valence-corrected chi connectivity index (χ2v) is 6.70. The summed E-state index contributed by atoms with van der Waals surface area (Å²) in [5.41, 5.74) is 2.17. The summed E-state index contributed by atoms with van der Waals surface area (Å²) in [6.07, 6.45) is 12.1. The summed E-state index contributed by atoms with van der Waals surface area (Å²) in [6, 6.07) is 4.16. The maximum Gasteiger partial charge on any atom is 0.226 e. The fourth-order valence-corrected chi connectivity index (χ4v) is 3.58. The van der Waals surface area contributed by atoms with Gasteiger partial charge in [0.2, 0.25) is 5.91 Å². The Morgan fingerprint density at radius 1 is 1.33 bits per heavy atom. The molecule has 4 rings (SSSR count). The van der Waals surface area contributed by atoms with Crippen molar-refractivity contribution in [1.82, 2.24) is 19.5 Å². The summed E-state index contributed by atoms with van der Waals surface area (Å²) in [5, 5.41) is 7.94. The molecule has 0 aromatic carbocycles. The molecular formula is C18H23N5O. The van der Waals surface area contributed by atoms with Gasteiger partial charge in [-0.1, -0.05) is 11.6 Å². The van der Waals surface area contributed by atoms with Crippen molar-refractivity contribution in [3.8, 4) is 0 Å². The van der Waals surface area contributed by atoms with Gasteiger partial charge in [0.15, 0.2) is 5.65 Å². The molecule has 1 atom stereocenters. The van der Waals surface area contributed by atoms with Crippen LogP contribution in [-0.2, 0) is 4.79 Å². The maximum absolute atomic E-state index is 12.5. The van der Waals surface area contributed by atoms with Crippen molar-refractivity contribution in [1.29, 1.82) is 0 Å². The molecule has 1 aliphatic heterocycles. The number of hydrogen-bond acceptors (Lipinski definition) is 4. The molecule has 126 valence electrons. The third-order valence-corrected chi connectivity index (χ3v) is 4.91. The van der Waals surface area contributed by atoms with E-state index < -0.39 is 0 Å². The summed E-state index contributed by atoms with van der Waals surface area (Å²) in [6.45, 7) is 1.59. The molecule has 2 aliphatic rings.